The molecule has 2 N–H and O–H groups in total. The lowest BCUT2D eigenvalue weighted by Crippen LogP contribution is -2.12. The van der Waals surface area contributed by atoms with Crippen molar-refractivity contribution in [3.63, 3.8) is 0 Å². The number of phenolic OH excluding ortho intramolecular Hbond substituents is 1. The molecule has 0 aliphatic heterocycles. The van der Waals surface area contributed by atoms with Crippen LogP contribution in [0.2, 0.25) is 0 Å². The minimum absolute atomic E-state index is 0.120. The number of phenols is 1. The van der Waals surface area contributed by atoms with Gasteiger partial charge in [-0.1, -0.05) is 15.9 Å². The van der Waals surface area contributed by atoms with Gasteiger partial charge in [0.25, 0.3) is 5.91 Å². The molecule has 5 heteroatoms. The Morgan fingerprint density at radius 3 is 2.63 bits per heavy atom. The highest BCUT2D eigenvalue weighted by Crippen LogP contribution is 2.23. The number of hydrogen-bond acceptors (Lipinski definition) is 2. The number of aryl methyl sites for hydroxylation is 1. The first kappa shape index (κ1) is 13.5. The molecule has 0 radical (unpaired) electrons. The van der Waals surface area contributed by atoms with Crippen molar-refractivity contribution in [1.82, 2.24) is 0 Å². The van der Waals surface area contributed by atoms with Crippen LogP contribution in [0.15, 0.2) is 40.9 Å². The lowest BCUT2D eigenvalue weighted by molar-refractivity contribution is 0.102. The fraction of sp³-hybridized carbons (Fsp3) is 0.0714. The topological polar surface area (TPSA) is 49.3 Å². The summed E-state index contributed by atoms with van der Waals surface area (Å²) in [7, 11) is 0. The molecule has 0 aliphatic rings. The molecular formula is C14H11BrFNO2. The molecule has 0 heterocycles. The Labute approximate surface area is 118 Å². The minimum atomic E-state index is -0.448. The summed E-state index contributed by atoms with van der Waals surface area (Å²) in [4.78, 5) is 12.0. The summed E-state index contributed by atoms with van der Waals surface area (Å²) in [5.74, 6) is -0.897. The van der Waals surface area contributed by atoms with Crippen LogP contribution in [0, 0.1) is 12.7 Å². The quantitative estimate of drug-likeness (QED) is 0.881. The molecule has 2 rings (SSSR count). The van der Waals surface area contributed by atoms with Gasteiger partial charge in [-0.05, 0) is 48.9 Å². The van der Waals surface area contributed by atoms with Crippen molar-refractivity contribution in [2.75, 3.05) is 5.32 Å². The van der Waals surface area contributed by atoms with Crippen LogP contribution in [-0.2, 0) is 0 Å². The van der Waals surface area contributed by atoms with E-state index in [1.807, 2.05) is 0 Å². The van der Waals surface area contributed by atoms with Crippen molar-refractivity contribution < 1.29 is 14.3 Å². The number of amides is 1. The highest BCUT2D eigenvalue weighted by atomic mass is 79.9. The Bertz CT molecular complexity index is 643. The largest absolute Gasteiger partial charge is 0.507 e. The zero-order valence-corrected chi connectivity index (χ0v) is 11.7. The highest BCUT2D eigenvalue weighted by molar-refractivity contribution is 9.10. The van der Waals surface area contributed by atoms with Crippen molar-refractivity contribution in [1.29, 1.82) is 0 Å². The van der Waals surface area contributed by atoms with Crippen molar-refractivity contribution in [2.45, 2.75) is 6.92 Å². The van der Waals surface area contributed by atoms with E-state index in [1.165, 1.54) is 30.3 Å². The lowest BCUT2D eigenvalue weighted by atomic mass is 10.1. The number of aromatic hydroxyl groups is 1. The molecular weight excluding hydrogens is 313 g/mol. The highest BCUT2D eigenvalue weighted by Gasteiger charge is 2.12. The van der Waals surface area contributed by atoms with Gasteiger partial charge in [0.15, 0.2) is 0 Å². The van der Waals surface area contributed by atoms with Gasteiger partial charge in [-0.2, -0.15) is 0 Å². The van der Waals surface area contributed by atoms with Crippen molar-refractivity contribution in [3.05, 3.63) is 57.8 Å². The van der Waals surface area contributed by atoms with E-state index in [9.17, 15) is 14.3 Å². The maximum absolute atomic E-state index is 13.1. The summed E-state index contributed by atoms with van der Waals surface area (Å²) < 4.78 is 13.8. The third-order valence-corrected chi connectivity index (χ3v) is 3.11. The number of nitrogens with one attached hydrogen (secondary N) is 1. The molecule has 2 aromatic rings. The predicted molar refractivity (Wildman–Crippen MR) is 74.9 cm³/mol. The van der Waals surface area contributed by atoms with Gasteiger partial charge in [0, 0.05) is 10.2 Å². The molecule has 98 valence electrons. The number of rotatable bonds is 2. The van der Waals surface area contributed by atoms with Crippen molar-refractivity contribution in [3.8, 4) is 5.75 Å². The molecule has 3 nitrogen and oxygen atoms in total. The third kappa shape index (κ3) is 3.12. The van der Waals surface area contributed by atoms with E-state index in [2.05, 4.69) is 21.2 Å². The molecule has 0 aromatic heterocycles. The van der Waals surface area contributed by atoms with E-state index in [4.69, 9.17) is 0 Å². The molecule has 0 spiro atoms. The second-order valence-electron chi connectivity index (χ2n) is 4.08. The van der Waals surface area contributed by atoms with Crippen molar-refractivity contribution in [2.24, 2.45) is 0 Å². The molecule has 2 aromatic carbocycles. The molecule has 1 amide bonds. The summed E-state index contributed by atoms with van der Waals surface area (Å²) in [6.45, 7) is 1.61. The molecule has 0 atom stereocenters. The number of carbonyl (C=O) groups excluding carboxylic acids is 1. The zero-order chi connectivity index (χ0) is 14.0. The number of benzene rings is 2. The molecule has 0 saturated carbocycles. The monoisotopic (exact) mass is 323 g/mol. The van der Waals surface area contributed by atoms with E-state index < -0.39 is 5.91 Å². The van der Waals surface area contributed by atoms with Gasteiger partial charge in [0.05, 0.1) is 5.56 Å². The zero-order valence-electron chi connectivity index (χ0n) is 10.1. The van der Waals surface area contributed by atoms with Crippen molar-refractivity contribution >= 4 is 27.5 Å². The molecule has 0 saturated heterocycles. The maximum Gasteiger partial charge on any atom is 0.259 e. The van der Waals surface area contributed by atoms with Crippen LogP contribution in [0.3, 0.4) is 0 Å². The first-order valence-electron chi connectivity index (χ1n) is 5.53. The maximum atomic E-state index is 13.1. The van der Waals surface area contributed by atoms with E-state index in [-0.39, 0.29) is 17.1 Å². The van der Waals surface area contributed by atoms with Gasteiger partial charge in [-0.3, -0.25) is 4.79 Å². The molecule has 0 bridgehead atoms. The van der Waals surface area contributed by atoms with E-state index in [0.29, 0.717) is 15.7 Å². The van der Waals surface area contributed by atoms with E-state index >= 15 is 0 Å². The average Bonchev–Trinajstić information content (AvgIpc) is 2.33. The fourth-order valence-electron chi connectivity index (χ4n) is 1.62. The number of halogens is 2. The fourth-order valence-corrected chi connectivity index (χ4v) is 1.97. The second kappa shape index (κ2) is 5.40. The molecule has 0 unspecified atom stereocenters. The Morgan fingerprint density at radius 2 is 2.00 bits per heavy atom. The number of anilines is 1. The standard InChI is InChI=1S/C14H11BrFNO2/c1-8-6-10(3-5-12(8)16)17-14(19)11-4-2-9(15)7-13(11)18/h2-7,18H,1H3,(H,17,19). The normalized spacial score (nSPS) is 10.3. The minimum Gasteiger partial charge on any atom is -0.507 e. The van der Waals surface area contributed by atoms with Gasteiger partial charge in [-0.25, -0.2) is 4.39 Å². The van der Waals surface area contributed by atoms with Crippen LogP contribution >= 0.6 is 15.9 Å². The summed E-state index contributed by atoms with van der Waals surface area (Å²) in [6, 6.07) is 8.88. The van der Waals surface area contributed by atoms with Gasteiger partial charge in [0.2, 0.25) is 0 Å². The van der Waals surface area contributed by atoms with Crippen LogP contribution in [0.5, 0.6) is 5.75 Å². The van der Waals surface area contributed by atoms with Gasteiger partial charge in [-0.15, -0.1) is 0 Å². The summed E-state index contributed by atoms with van der Waals surface area (Å²) in [5.41, 5.74) is 1.08. The van der Waals surface area contributed by atoms with Gasteiger partial charge >= 0.3 is 0 Å². The Balaban J connectivity index is 2.23. The van der Waals surface area contributed by atoms with Crippen LogP contribution in [0.1, 0.15) is 15.9 Å². The van der Waals surface area contributed by atoms with Crippen LogP contribution < -0.4 is 5.32 Å². The van der Waals surface area contributed by atoms with E-state index in [0.717, 1.165) is 0 Å². The smallest absolute Gasteiger partial charge is 0.259 e. The Hall–Kier alpha value is -1.88. The Morgan fingerprint density at radius 1 is 1.26 bits per heavy atom. The first-order valence-corrected chi connectivity index (χ1v) is 6.32. The second-order valence-corrected chi connectivity index (χ2v) is 5.00. The van der Waals surface area contributed by atoms with E-state index in [1.54, 1.807) is 13.0 Å². The lowest BCUT2D eigenvalue weighted by Gasteiger charge is -2.08. The molecule has 19 heavy (non-hydrogen) atoms. The van der Waals surface area contributed by atoms with Crippen LogP contribution in [0.25, 0.3) is 0 Å². The average molecular weight is 324 g/mol. The number of carbonyl (C=O) groups is 1. The van der Waals surface area contributed by atoms with Gasteiger partial charge < -0.3 is 10.4 Å². The number of hydrogen-bond donors (Lipinski definition) is 2. The molecule has 0 aliphatic carbocycles. The van der Waals surface area contributed by atoms with Crippen LogP contribution in [0.4, 0.5) is 10.1 Å². The van der Waals surface area contributed by atoms with Crippen LogP contribution in [-0.4, -0.2) is 11.0 Å². The summed E-state index contributed by atoms with van der Waals surface area (Å²) in [6.07, 6.45) is 0. The predicted octanol–water partition coefficient (Wildman–Crippen LogP) is 3.85. The molecule has 0 fully saturated rings. The SMILES string of the molecule is Cc1cc(NC(=O)c2ccc(Br)cc2O)ccc1F. The van der Waals surface area contributed by atoms with Gasteiger partial charge in [0.1, 0.15) is 11.6 Å². The Kier molecular flexibility index (Phi) is 3.85. The third-order valence-electron chi connectivity index (χ3n) is 2.62. The summed E-state index contributed by atoms with van der Waals surface area (Å²) >= 11 is 3.20. The summed E-state index contributed by atoms with van der Waals surface area (Å²) in [5, 5.41) is 12.3. The first-order chi connectivity index (χ1) is 8.97.